The van der Waals surface area contributed by atoms with E-state index in [4.69, 9.17) is 5.11 Å². The summed E-state index contributed by atoms with van der Waals surface area (Å²) in [5.74, 6) is -0.858. The SMILES string of the molecule is Cc1cc(C)c(C)c(-c2cc(CC(=O)O)nn2C)c1C. The quantitative estimate of drug-likeness (QED) is 0.934. The molecule has 1 heterocycles. The molecule has 0 aliphatic heterocycles. The summed E-state index contributed by atoms with van der Waals surface area (Å²) in [5.41, 5.74) is 7.65. The zero-order valence-electron chi connectivity index (χ0n) is 12.6. The molecule has 0 saturated carbocycles. The molecule has 0 radical (unpaired) electrons. The highest BCUT2D eigenvalue weighted by atomic mass is 16.4. The van der Waals surface area contributed by atoms with Crippen LogP contribution < -0.4 is 0 Å². The lowest BCUT2D eigenvalue weighted by Gasteiger charge is -2.15. The van der Waals surface area contributed by atoms with Crippen molar-refractivity contribution in [3.8, 4) is 11.3 Å². The second kappa shape index (κ2) is 5.12. The fourth-order valence-electron chi connectivity index (χ4n) is 2.60. The number of hydrogen-bond donors (Lipinski definition) is 1. The number of hydrogen-bond acceptors (Lipinski definition) is 2. The third-order valence-electron chi connectivity index (χ3n) is 3.88. The number of carboxylic acid groups (broad SMARTS) is 1. The lowest BCUT2D eigenvalue weighted by Crippen LogP contribution is -2.02. The van der Waals surface area contributed by atoms with Crippen LogP contribution in [0.5, 0.6) is 0 Å². The van der Waals surface area contributed by atoms with Crippen LogP contribution in [0.25, 0.3) is 11.3 Å². The first-order valence-electron chi connectivity index (χ1n) is 6.63. The minimum absolute atomic E-state index is 0.0449. The van der Waals surface area contributed by atoms with Crippen molar-refractivity contribution < 1.29 is 9.90 Å². The predicted molar refractivity (Wildman–Crippen MR) is 78.9 cm³/mol. The molecule has 4 heteroatoms. The zero-order valence-corrected chi connectivity index (χ0v) is 12.6. The summed E-state index contributed by atoms with van der Waals surface area (Å²) >= 11 is 0. The van der Waals surface area contributed by atoms with Crippen molar-refractivity contribution in [1.82, 2.24) is 9.78 Å². The van der Waals surface area contributed by atoms with Crippen LogP contribution in [0.4, 0.5) is 0 Å². The maximum absolute atomic E-state index is 10.8. The van der Waals surface area contributed by atoms with E-state index in [2.05, 4.69) is 38.9 Å². The molecule has 20 heavy (non-hydrogen) atoms. The average molecular weight is 272 g/mol. The summed E-state index contributed by atoms with van der Waals surface area (Å²) in [6.07, 6.45) is -0.0449. The average Bonchev–Trinajstić information content (AvgIpc) is 2.67. The Bertz CT molecular complexity index is 658. The molecule has 106 valence electrons. The third kappa shape index (κ3) is 2.46. The first-order valence-corrected chi connectivity index (χ1v) is 6.63. The molecule has 0 aliphatic rings. The van der Waals surface area contributed by atoms with Gasteiger partial charge >= 0.3 is 5.97 Å². The van der Waals surface area contributed by atoms with Gasteiger partial charge in [0.1, 0.15) is 0 Å². The molecular weight excluding hydrogens is 252 g/mol. The largest absolute Gasteiger partial charge is 0.481 e. The van der Waals surface area contributed by atoms with Gasteiger partial charge < -0.3 is 5.11 Å². The van der Waals surface area contributed by atoms with Gasteiger partial charge in [-0.15, -0.1) is 0 Å². The summed E-state index contributed by atoms with van der Waals surface area (Å²) in [5, 5.41) is 13.2. The number of nitrogens with zero attached hydrogens (tertiary/aromatic N) is 2. The van der Waals surface area contributed by atoms with Crippen LogP contribution in [0.1, 0.15) is 27.9 Å². The molecule has 2 aromatic rings. The van der Waals surface area contributed by atoms with Crippen LogP contribution >= 0.6 is 0 Å². The summed E-state index contributed by atoms with van der Waals surface area (Å²) in [6, 6.07) is 4.06. The van der Waals surface area contributed by atoms with Crippen molar-refractivity contribution in [2.45, 2.75) is 34.1 Å². The molecule has 0 fully saturated rings. The Labute approximate surface area is 119 Å². The fourth-order valence-corrected chi connectivity index (χ4v) is 2.60. The van der Waals surface area contributed by atoms with E-state index in [1.807, 2.05) is 13.1 Å². The molecule has 0 unspecified atom stereocenters. The third-order valence-corrected chi connectivity index (χ3v) is 3.88. The first kappa shape index (κ1) is 14.3. The normalized spacial score (nSPS) is 10.8. The molecular formula is C16H20N2O2. The van der Waals surface area contributed by atoms with Crippen molar-refractivity contribution in [2.24, 2.45) is 7.05 Å². The van der Waals surface area contributed by atoms with Crippen LogP contribution in [0, 0.1) is 27.7 Å². The van der Waals surface area contributed by atoms with E-state index in [-0.39, 0.29) is 6.42 Å². The number of rotatable bonds is 3. The number of benzene rings is 1. The van der Waals surface area contributed by atoms with Crippen molar-refractivity contribution in [3.63, 3.8) is 0 Å². The summed E-state index contributed by atoms with van der Waals surface area (Å²) in [7, 11) is 1.86. The first-order chi connectivity index (χ1) is 9.31. The van der Waals surface area contributed by atoms with Crippen molar-refractivity contribution in [2.75, 3.05) is 0 Å². The lowest BCUT2D eigenvalue weighted by atomic mass is 9.92. The number of carbonyl (C=O) groups is 1. The predicted octanol–water partition coefficient (Wildman–Crippen LogP) is 2.95. The van der Waals surface area contributed by atoms with Gasteiger partial charge in [0.15, 0.2) is 0 Å². The molecule has 0 bridgehead atoms. The Kier molecular flexibility index (Phi) is 3.66. The highest BCUT2D eigenvalue weighted by Crippen LogP contribution is 2.31. The second-order valence-electron chi connectivity index (χ2n) is 5.35. The Morgan fingerprint density at radius 2 is 1.70 bits per heavy atom. The molecule has 4 nitrogen and oxygen atoms in total. The minimum atomic E-state index is -0.858. The van der Waals surface area contributed by atoms with Crippen LogP contribution in [-0.4, -0.2) is 20.9 Å². The minimum Gasteiger partial charge on any atom is -0.481 e. The number of aryl methyl sites for hydroxylation is 3. The zero-order chi connectivity index (χ0) is 15.0. The summed E-state index contributed by atoms with van der Waals surface area (Å²) in [6.45, 7) is 8.39. The maximum atomic E-state index is 10.8. The van der Waals surface area contributed by atoms with Gasteiger partial charge in [0.25, 0.3) is 0 Å². The summed E-state index contributed by atoms with van der Waals surface area (Å²) < 4.78 is 1.77. The van der Waals surface area contributed by atoms with Crippen LogP contribution in [0.2, 0.25) is 0 Å². The van der Waals surface area contributed by atoms with Gasteiger partial charge in [-0.2, -0.15) is 5.10 Å². The van der Waals surface area contributed by atoms with Crippen LogP contribution in [0.3, 0.4) is 0 Å². The van der Waals surface area contributed by atoms with Gasteiger partial charge in [-0.1, -0.05) is 6.07 Å². The Hall–Kier alpha value is -2.10. The van der Waals surface area contributed by atoms with Crippen molar-refractivity contribution in [3.05, 3.63) is 40.1 Å². The Balaban J connectivity index is 2.63. The fraction of sp³-hybridized carbons (Fsp3) is 0.375. The molecule has 0 aliphatic carbocycles. The van der Waals surface area contributed by atoms with Crippen molar-refractivity contribution in [1.29, 1.82) is 0 Å². The van der Waals surface area contributed by atoms with Gasteiger partial charge in [0, 0.05) is 12.6 Å². The van der Waals surface area contributed by atoms with Crippen molar-refractivity contribution >= 4 is 5.97 Å². The van der Waals surface area contributed by atoms with Gasteiger partial charge in [0.05, 0.1) is 17.8 Å². The van der Waals surface area contributed by atoms with Gasteiger partial charge in [0.2, 0.25) is 0 Å². The topological polar surface area (TPSA) is 55.1 Å². The Morgan fingerprint density at radius 3 is 2.20 bits per heavy atom. The Morgan fingerprint density at radius 1 is 1.15 bits per heavy atom. The second-order valence-corrected chi connectivity index (χ2v) is 5.35. The molecule has 0 saturated heterocycles. The number of aliphatic carboxylic acids is 1. The number of aromatic nitrogens is 2. The molecule has 0 atom stereocenters. The van der Waals surface area contributed by atoms with E-state index < -0.39 is 5.97 Å². The van der Waals surface area contributed by atoms with Gasteiger partial charge in [-0.05, 0) is 56.0 Å². The molecule has 2 rings (SSSR count). The monoisotopic (exact) mass is 272 g/mol. The van der Waals surface area contributed by atoms with E-state index in [0.717, 1.165) is 11.3 Å². The highest BCUT2D eigenvalue weighted by Gasteiger charge is 2.16. The molecule has 1 aromatic heterocycles. The summed E-state index contributed by atoms with van der Waals surface area (Å²) in [4.78, 5) is 10.8. The van der Waals surface area contributed by atoms with E-state index in [1.54, 1.807) is 4.68 Å². The van der Waals surface area contributed by atoms with Crippen LogP contribution in [0.15, 0.2) is 12.1 Å². The highest BCUT2D eigenvalue weighted by molar-refractivity contribution is 5.73. The molecule has 1 N–H and O–H groups in total. The van der Waals surface area contributed by atoms with Crippen LogP contribution in [-0.2, 0) is 18.3 Å². The van der Waals surface area contributed by atoms with E-state index in [0.29, 0.717) is 5.69 Å². The van der Waals surface area contributed by atoms with E-state index >= 15 is 0 Å². The van der Waals surface area contributed by atoms with E-state index in [9.17, 15) is 4.79 Å². The van der Waals surface area contributed by atoms with E-state index in [1.165, 1.54) is 22.3 Å². The molecule has 0 amide bonds. The van der Waals surface area contributed by atoms with Gasteiger partial charge in [-0.3, -0.25) is 9.48 Å². The smallest absolute Gasteiger partial charge is 0.309 e. The number of carboxylic acids is 1. The standard InChI is InChI=1S/C16H20N2O2/c1-9-6-10(2)12(4)16(11(9)3)14-7-13(8-15(19)20)17-18(14)5/h6-7H,8H2,1-5H3,(H,19,20). The maximum Gasteiger partial charge on any atom is 0.309 e. The molecule has 1 aromatic carbocycles. The lowest BCUT2D eigenvalue weighted by molar-refractivity contribution is -0.136. The molecule has 0 spiro atoms. The van der Waals surface area contributed by atoms with Gasteiger partial charge in [-0.25, -0.2) is 0 Å².